The Labute approximate surface area is 143 Å². The first kappa shape index (κ1) is 16.5. The fourth-order valence-electron chi connectivity index (χ4n) is 2.87. The van der Waals surface area contributed by atoms with Gasteiger partial charge in [0, 0.05) is 43.6 Å². The fourth-order valence-corrected chi connectivity index (χ4v) is 2.87. The van der Waals surface area contributed by atoms with Gasteiger partial charge in [0.2, 0.25) is 0 Å². The summed E-state index contributed by atoms with van der Waals surface area (Å²) in [5.74, 6) is 1.75. The molecule has 1 fully saturated rings. The number of rotatable bonds is 6. The third-order valence-electron chi connectivity index (χ3n) is 4.26. The van der Waals surface area contributed by atoms with E-state index in [2.05, 4.69) is 63.2 Å². The molecule has 1 aliphatic rings. The van der Waals surface area contributed by atoms with Crippen LogP contribution in [0.3, 0.4) is 0 Å². The van der Waals surface area contributed by atoms with E-state index in [9.17, 15) is 0 Å². The van der Waals surface area contributed by atoms with Crippen molar-refractivity contribution in [3.63, 3.8) is 0 Å². The molecular formula is C18H25N5O. The second-order valence-electron chi connectivity index (χ2n) is 5.71. The Morgan fingerprint density at radius 1 is 1.08 bits per heavy atom. The van der Waals surface area contributed by atoms with Gasteiger partial charge in [0.1, 0.15) is 18.0 Å². The van der Waals surface area contributed by atoms with Gasteiger partial charge >= 0.3 is 0 Å². The second-order valence-corrected chi connectivity index (χ2v) is 5.71. The van der Waals surface area contributed by atoms with Crippen molar-refractivity contribution in [1.29, 1.82) is 0 Å². The van der Waals surface area contributed by atoms with Crippen molar-refractivity contribution in [2.24, 2.45) is 0 Å². The van der Waals surface area contributed by atoms with E-state index in [0.717, 1.165) is 56.7 Å². The average Bonchev–Trinajstić information content (AvgIpc) is 2.65. The van der Waals surface area contributed by atoms with Crippen LogP contribution < -0.4 is 15.1 Å². The highest BCUT2D eigenvalue weighted by atomic mass is 16.5. The van der Waals surface area contributed by atoms with E-state index < -0.39 is 0 Å². The van der Waals surface area contributed by atoms with Crippen LogP contribution in [0.25, 0.3) is 0 Å². The van der Waals surface area contributed by atoms with E-state index in [-0.39, 0.29) is 0 Å². The predicted octanol–water partition coefficient (Wildman–Crippen LogP) is 2.90. The molecule has 6 nitrogen and oxygen atoms in total. The minimum atomic E-state index is 0.750. The molecule has 2 heterocycles. The van der Waals surface area contributed by atoms with Gasteiger partial charge in [-0.2, -0.15) is 0 Å². The summed E-state index contributed by atoms with van der Waals surface area (Å²) in [5, 5.41) is 3.36. The zero-order valence-electron chi connectivity index (χ0n) is 14.4. The summed E-state index contributed by atoms with van der Waals surface area (Å²) in [6.07, 6.45) is 1.61. The van der Waals surface area contributed by atoms with Gasteiger partial charge in [-0.15, -0.1) is 0 Å². The molecule has 0 saturated carbocycles. The minimum Gasteiger partial charge on any atom is -0.378 e. The zero-order valence-corrected chi connectivity index (χ0v) is 14.4. The van der Waals surface area contributed by atoms with Gasteiger partial charge < -0.3 is 19.9 Å². The van der Waals surface area contributed by atoms with Gasteiger partial charge in [-0.3, -0.25) is 0 Å². The smallest absolute Gasteiger partial charge is 0.135 e. The van der Waals surface area contributed by atoms with Gasteiger partial charge in [-0.05, 0) is 38.1 Å². The lowest BCUT2D eigenvalue weighted by Crippen LogP contribution is -2.36. The summed E-state index contributed by atoms with van der Waals surface area (Å²) in [4.78, 5) is 13.3. The molecule has 0 amide bonds. The third-order valence-corrected chi connectivity index (χ3v) is 4.26. The quantitative estimate of drug-likeness (QED) is 0.880. The van der Waals surface area contributed by atoms with Crippen LogP contribution in [0.2, 0.25) is 0 Å². The molecule has 0 bridgehead atoms. The monoisotopic (exact) mass is 327 g/mol. The van der Waals surface area contributed by atoms with Crippen molar-refractivity contribution in [1.82, 2.24) is 9.97 Å². The van der Waals surface area contributed by atoms with Crippen LogP contribution in [0.5, 0.6) is 0 Å². The Morgan fingerprint density at radius 2 is 1.79 bits per heavy atom. The maximum absolute atomic E-state index is 5.39. The standard InChI is InChI=1S/C18H25N5O/c1-3-22(4-2)16-7-5-15(6-8-16)21-17-13-18(20-14-19-17)23-9-11-24-12-10-23/h5-8,13-14H,3-4,9-12H2,1-2H3,(H,19,20,21). The Kier molecular flexibility index (Phi) is 5.48. The van der Waals surface area contributed by atoms with Crippen LogP contribution >= 0.6 is 0 Å². The number of benzene rings is 1. The molecule has 1 aromatic heterocycles. The van der Waals surface area contributed by atoms with Gasteiger partial charge in [-0.1, -0.05) is 0 Å². The van der Waals surface area contributed by atoms with Crippen molar-refractivity contribution in [3.05, 3.63) is 36.7 Å². The molecule has 0 radical (unpaired) electrons. The van der Waals surface area contributed by atoms with Crippen LogP contribution in [-0.4, -0.2) is 49.4 Å². The predicted molar refractivity (Wildman–Crippen MR) is 98.3 cm³/mol. The number of hydrogen-bond donors (Lipinski definition) is 1. The first-order valence-corrected chi connectivity index (χ1v) is 8.57. The van der Waals surface area contributed by atoms with Crippen LogP contribution in [0.4, 0.5) is 23.0 Å². The van der Waals surface area contributed by atoms with Crippen molar-refractivity contribution in [2.45, 2.75) is 13.8 Å². The topological polar surface area (TPSA) is 53.5 Å². The molecule has 2 aromatic rings. The van der Waals surface area contributed by atoms with Gasteiger partial charge in [0.15, 0.2) is 0 Å². The van der Waals surface area contributed by atoms with Crippen LogP contribution in [0.1, 0.15) is 13.8 Å². The molecule has 1 aliphatic heterocycles. The van der Waals surface area contributed by atoms with E-state index in [1.807, 2.05) is 6.07 Å². The number of anilines is 4. The van der Waals surface area contributed by atoms with Crippen LogP contribution in [0.15, 0.2) is 36.7 Å². The van der Waals surface area contributed by atoms with Crippen molar-refractivity contribution < 1.29 is 4.74 Å². The molecule has 0 atom stereocenters. The van der Waals surface area contributed by atoms with E-state index in [4.69, 9.17) is 4.74 Å². The van der Waals surface area contributed by atoms with E-state index in [1.54, 1.807) is 6.33 Å². The lowest BCUT2D eigenvalue weighted by molar-refractivity contribution is 0.122. The lowest BCUT2D eigenvalue weighted by atomic mass is 10.2. The molecule has 1 aromatic carbocycles. The Balaban J connectivity index is 1.69. The van der Waals surface area contributed by atoms with Crippen LogP contribution in [-0.2, 0) is 4.74 Å². The SMILES string of the molecule is CCN(CC)c1ccc(Nc2cc(N3CCOCC3)ncn2)cc1. The summed E-state index contributed by atoms with van der Waals surface area (Å²) >= 11 is 0. The van der Waals surface area contributed by atoms with E-state index in [0.29, 0.717) is 0 Å². The zero-order chi connectivity index (χ0) is 16.8. The normalized spacial score (nSPS) is 14.5. The Bertz CT molecular complexity index is 636. The summed E-state index contributed by atoms with van der Waals surface area (Å²) in [6.45, 7) is 9.60. The largest absolute Gasteiger partial charge is 0.378 e. The summed E-state index contributed by atoms with van der Waals surface area (Å²) in [7, 11) is 0. The maximum atomic E-state index is 5.39. The van der Waals surface area contributed by atoms with Gasteiger partial charge in [0.25, 0.3) is 0 Å². The van der Waals surface area contributed by atoms with E-state index in [1.165, 1.54) is 5.69 Å². The molecular weight excluding hydrogens is 302 g/mol. The lowest BCUT2D eigenvalue weighted by Gasteiger charge is -2.27. The maximum Gasteiger partial charge on any atom is 0.135 e. The minimum absolute atomic E-state index is 0.750. The first-order chi connectivity index (χ1) is 11.8. The number of aromatic nitrogens is 2. The average molecular weight is 327 g/mol. The third kappa shape index (κ3) is 3.94. The van der Waals surface area contributed by atoms with Gasteiger partial charge in [0.05, 0.1) is 13.2 Å². The molecule has 6 heteroatoms. The summed E-state index contributed by atoms with van der Waals surface area (Å²) in [5.41, 5.74) is 2.26. The van der Waals surface area contributed by atoms with Crippen molar-refractivity contribution in [3.8, 4) is 0 Å². The van der Waals surface area contributed by atoms with Crippen LogP contribution in [0, 0.1) is 0 Å². The number of hydrogen-bond acceptors (Lipinski definition) is 6. The molecule has 24 heavy (non-hydrogen) atoms. The summed E-state index contributed by atoms with van der Waals surface area (Å²) in [6, 6.07) is 10.4. The molecule has 1 saturated heterocycles. The van der Waals surface area contributed by atoms with E-state index >= 15 is 0 Å². The Hall–Kier alpha value is -2.34. The Morgan fingerprint density at radius 3 is 2.46 bits per heavy atom. The molecule has 0 unspecified atom stereocenters. The highest BCUT2D eigenvalue weighted by Crippen LogP contribution is 2.22. The van der Waals surface area contributed by atoms with Gasteiger partial charge in [-0.25, -0.2) is 9.97 Å². The molecule has 3 rings (SSSR count). The highest BCUT2D eigenvalue weighted by Gasteiger charge is 2.13. The first-order valence-electron chi connectivity index (χ1n) is 8.57. The molecule has 0 aliphatic carbocycles. The molecule has 128 valence electrons. The van der Waals surface area contributed by atoms with Crippen molar-refractivity contribution in [2.75, 3.05) is 54.5 Å². The molecule has 1 N–H and O–H groups in total. The molecule has 0 spiro atoms. The highest BCUT2D eigenvalue weighted by molar-refractivity contribution is 5.62. The van der Waals surface area contributed by atoms with Crippen molar-refractivity contribution >= 4 is 23.0 Å². The number of morpholine rings is 1. The second kappa shape index (κ2) is 7.97. The number of ether oxygens (including phenoxy) is 1. The number of nitrogens with one attached hydrogen (secondary N) is 1. The summed E-state index contributed by atoms with van der Waals surface area (Å²) < 4.78 is 5.39. The number of nitrogens with zero attached hydrogens (tertiary/aromatic N) is 4. The fraction of sp³-hybridized carbons (Fsp3) is 0.444.